The monoisotopic (exact) mass is 346 g/mol. The third-order valence-corrected chi connectivity index (χ3v) is 4.69. The lowest BCUT2D eigenvalue weighted by molar-refractivity contribution is 0.0949. The maximum atomic E-state index is 12.6. The first-order chi connectivity index (χ1) is 11.3. The average Bonchev–Trinajstić information content (AvgIpc) is 3.12. The first-order valence-corrected chi connectivity index (χ1v) is 8.48. The lowest BCUT2D eigenvalue weighted by atomic mass is 10.1. The highest BCUT2D eigenvalue weighted by Gasteiger charge is 2.33. The van der Waals surface area contributed by atoms with Crippen molar-refractivity contribution in [2.75, 3.05) is 13.1 Å². The van der Waals surface area contributed by atoms with E-state index in [1.165, 1.54) is 6.42 Å². The predicted octanol–water partition coefficient (Wildman–Crippen LogP) is 2.65. The predicted molar refractivity (Wildman–Crippen MR) is 96.1 cm³/mol. The molecule has 1 aromatic carbocycles. The van der Waals surface area contributed by atoms with Crippen molar-refractivity contribution in [3.05, 3.63) is 47.8 Å². The van der Waals surface area contributed by atoms with Gasteiger partial charge in [0.1, 0.15) is 0 Å². The van der Waals surface area contributed by atoms with Gasteiger partial charge in [0.15, 0.2) is 0 Å². The molecule has 1 aliphatic carbocycles. The van der Waals surface area contributed by atoms with Crippen LogP contribution < -0.4 is 10.6 Å². The van der Waals surface area contributed by atoms with E-state index in [0.717, 1.165) is 42.8 Å². The number of rotatable bonds is 5. The molecule has 1 amide bonds. The van der Waals surface area contributed by atoms with Gasteiger partial charge in [0.05, 0.1) is 23.1 Å². The number of aromatic nitrogens is 2. The number of benzene rings is 1. The second-order valence-corrected chi connectivity index (χ2v) is 6.47. The van der Waals surface area contributed by atoms with Gasteiger partial charge < -0.3 is 10.6 Å². The Bertz CT molecular complexity index is 690. The molecule has 1 atom stereocenters. The molecular weight excluding hydrogens is 324 g/mol. The minimum atomic E-state index is 0. The van der Waals surface area contributed by atoms with Crippen molar-refractivity contribution in [1.82, 2.24) is 20.4 Å². The molecule has 128 valence electrons. The number of halogens is 1. The summed E-state index contributed by atoms with van der Waals surface area (Å²) in [7, 11) is 0. The van der Waals surface area contributed by atoms with E-state index in [2.05, 4.69) is 15.7 Å². The number of para-hydroxylation sites is 1. The summed E-state index contributed by atoms with van der Waals surface area (Å²) in [6.45, 7) is 1.75. The van der Waals surface area contributed by atoms with Gasteiger partial charge in [-0.15, -0.1) is 12.4 Å². The summed E-state index contributed by atoms with van der Waals surface area (Å²) in [5.41, 5.74) is 2.81. The molecule has 0 spiro atoms. The summed E-state index contributed by atoms with van der Waals surface area (Å²) in [5.74, 6) is 0.464. The Morgan fingerprint density at radius 2 is 2.04 bits per heavy atom. The number of carbonyl (C=O) groups excluding carboxylic acids is 1. The summed E-state index contributed by atoms with van der Waals surface area (Å²) < 4.78 is 1.93. The van der Waals surface area contributed by atoms with Gasteiger partial charge in [0, 0.05) is 18.5 Å². The Hall–Kier alpha value is -1.85. The number of hydrogen-bond donors (Lipinski definition) is 2. The molecule has 0 bridgehead atoms. The van der Waals surface area contributed by atoms with Crippen LogP contribution in [0.1, 0.15) is 47.7 Å². The molecule has 6 heteroatoms. The van der Waals surface area contributed by atoms with Gasteiger partial charge in [-0.05, 0) is 44.4 Å². The molecule has 1 saturated heterocycles. The molecular formula is C18H23ClN4O. The summed E-state index contributed by atoms with van der Waals surface area (Å²) in [5, 5.41) is 11.0. The molecule has 1 aliphatic heterocycles. The van der Waals surface area contributed by atoms with Crippen molar-refractivity contribution in [2.24, 2.45) is 0 Å². The number of hydrogen-bond acceptors (Lipinski definition) is 3. The van der Waals surface area contributed by atoms with E-state index in [-0.39, 0.29) is 18.3 Å². The second-order valence-electron chi connectivity index (χ2n) is 6.47. The maximum Gasteiger partial charge on any atom is 0.254 e. The lowest BCUT2D eigenvalue weighted by Crippen LogP contribution is -2.37. The second kappa shape index (κ2) is 7.36. The van der Waals surface area contributed by atoms with E-state index in [1.54, 1.807) is 6.20 Å². The van der Waals surface area contributed by atoms with Crippen molar-refractivity contribution in [3.63, 3.8) is 0 Å². The Morgan fingerprint density at radius 1 is 1.25 bits per heavy atom. The van der Waals surface area contributed by atoms with Crippen LogP contribution in [0.3, 0.4) is 0 Å². The minimum Gasteiger partial charge on any atom is -0.350 e. The third-order valence-electron chi connectivity index (χ3n) is 4.69. The van der Waals surface area contributed by atoms with Crippen molar-refractivity contribution in [2.45, 2.75) is 37.6 Å². The fourth-order valence-electron chi connectivity index (χ4n) is 3.30. The van der Waals surface area contributed by atoms with Gasteiger partial charge in [-0.3, -0.25) is 4.79 Å². The standard InChI is InChI=1S/C18H22N4O.ClH/c23-18(20-11-14-5-4-10-19-14)16-12-21-22(17(16)13-8-9-13)15-6-2-1-3-7-15;/h1-3,6-7,12-14,19H,4-5,8-11H2,(H,20,23);1H. The van der Waals surface area contributed by atoms with Crippen LogP contribution in [0.2, 0.25) is 0 Å². The zero-order valence-corrected chi connectivity index (χ0v) is 14.4. The van der Waals surface area contributed by atoms with Crippen molar-refractivity contribution in [1.29, 1.82) is 0 Å². The number of nitrogens with zero attached hydrogens (tertiary/aromatic N) is 2. The molecule has 2 heterocycles. The largest absolute Gasteiger partial charge is 0.350 e. The van der Waals surface area contributed by atoms with Crippen molar-refractivity contribution >= 4 is 18.3 Å². The zero-order valence-electron chi connectivity index (χ0n) is 13.6. The van der Waals surface area contributed by atoms with Crippen LogP contribution in [0.15, 0.2) is 36.5 Å². The SMILES string of the molecule is Cl.O=C(NCC1CCCN1)c1cnn(-c2ccccc2)c1C1CC1. The number of carbonyl (C=O) groups is 1. The molecule has 5 nitrogen and oxygen atoms in total. The zero-order chi connectivity index (χ0) is 15.6. The van der Waals surface area contributed by atoms with Gasteiger partial charge in [-0.2, -0.15) is 5.10 Å². The molecule has 1 aromatic heterocycles. The summed E-state index contributed by atoms with van der Waals surface area (Å²) >= 11 is 0. The van der Waals surface area contributed by atoms with E-state index >= 15 is 0 Å². The van der Waals surface area contributed by atoms with Crippen LogP contribution in [0.5, 0.6) is 0 Å². The number of amides is 1. The van der Waals surface area contributed by atoms with Crippen molar-refractivity contribution < 1.29 is 4.79 Å². The maximum absolute atomic E-state index is 12.6. The molecule has 4 rings (SSSR count). The molecule has 2 aliphatic rings. The van der Waals surface area contributed by atoms with Gasteiger partial charge in [0.25, 0.3) is 5.91 Å². The topological polar surface area (TPSA) is 59.0 Å². The van der Waals surface area contributed by atoms with Crippen LogP contribution in [0.25, 0.3) is 5.69 Å². The highest BCUT2D eigenvalue weighted by Crippen LogP contribution is 2.42. The Labute approximate surface area is 148 Å². The first kappa shape index (κ1) is 17.0. The van der Waals surface area contributed by atoms with E-state index in [9.17, 15) is 4.79 Å². The molecule has 1 unspecified atom stereocenters. The van der Waals surface area contributed by atoms with Gasteiger partial charge in [-0.25, -0.2) is 4.68 Å². The highest BCUT2D eigenvalue weighted by molar-refractivity contribution is 5.95. The van der Waals surface area contributed by atoms with Crippen LogP contribution >= 0.6 is 12.4 Å². The minimum absolute atomic E-state index is 0. The third kappa shape index (κ3) is 3.47. The van der Waals surface area contributed by atoms with E-state index in [1.807, 2.05) is 35.0 Å². The first-order valence-electron chi connectivity index (χ1n) is 8.48. The summed E-state index contributed by atoms with van der Waals surface area (Å²) in [4.78, 5) is 12.6. The fraction of sp³-hybridized carbons (Fsp3) is 0.444. The lowest BCUT2D eigenvalue weighted by Gasteiger charge is -2.12. The van der Waals surface area contributed by atoms with Crippen LogP contribution in [0, 0.1) is 0 Å². The van der Waals surface area contributed by atoms with Crippen LogP contribution in [0.4, 0.5) is 0 Å². The normalized spacial score (nSPS) is 19.8. The van der Waals surface area contributed by atoms with E-state index < -0.39 is 0 Å². The Balaban J connectivity index is 0.00000169. The molecule has 2 N–H and O–H groups in total. The smallest absolute Gasteiger partial charge is 0.254 e. The molecule has 1 saturated carbocycles. The molecule has 0 radical (unpaired) electrons. The quantitative estimate of drug-likeness (QED) is 0.875. The van der Waals surface area contributed by atoms with Crippen LogP contribution in [-0.4, -0.2) is 34.8 Å². The van der Waals surface area contributed by atoms with Gasteiger partial charge in [0.2, 0.25) is 0 Å². The molecule has 2 aromatic rings. The summed E-state index contributed by atoms with van der Waals surface area (Å²) in [6, 6.07) is 10.5. The Morgan fingerprint density at radius 3 is 2.71 bits per heavy atom. The van der Waals surface area contributed by atoms with Crippen LogP contribution in [-0.2, 0) is 0 Å². The van der Waals surface area contributed by atoms with Gasteiger partial charge >= 0.3 is 0 Å². The summed E-state index contributed by atoms with van der Waals surface area (Å²) in [6.07, 6.45) is 6.34. The number of nitrogens with one attached hydrogen (secondary N) is 2. The highest BCUT2D eigenvalue weighted by atomic mass is 35.5. The average molecular weight is 347 g/mol. The van der Waals surface area contributed by atoms with E-state index in [4.69, 9.17) is 0 Å². The molecule has 2 fully saturated rings. The fourth-order valence-corrected chi connectivity index (χ4v) is 3.30. The van der Waals surface area contributed by atoms with Crippen molar-refractivity contribution in [3.8, 4) is 5.69 Å². The van der Waals surface area contributed by atoms with Gasteiger partial charge in [-0.1, -0.05) is 18.2 Å². The molecule has 24 heavy (non-hydrogen) atoms. The Kier molecular flexibility index (Phi) is 5.21. The van der Waals surface area contributed by atoms with E-state index in [0.29, 0.717) is 18.5 Å².